The minimum absolute atomic E-state index is 0.00476. The quantitative estimate of drug-likeness (QED) is 0.818. The minimum Gasteiger partial charge on any atom is -0.508 e. The van der Waals surface area contributed by atoms with Crippen LogP contribution in [0.5, 0.6) is 11.5 Å². The van der Waals surface area contributed by atoms with Gasteiger partial charge in [0.2, 0.25) is 0 Å². The van der Waals surface area contributed by atoms with E-state index in [1.807, 2.05) is 6.07 Å². The smallest absolute Gasteiger partial charge is 0.261 e. The molecular formula is C15H12N2O3. The van der Waals surface area contributed by atoms with E-state index in [1.54, 1.807) is 24.3 Å². The van der Waals surface area contributed by atoms with E-state index < -0.39 is 5.91 Å². The molecule has 100 valence electrons. The number of nitriles is 1. The summed E-state index contributed by atoms with van der Waals surface area (Å²) in [7, 11) is 1.53. The van der Waals surface area contributed by atoms with Crippen LogP contribution in [0, 0.1) is 11.3 Å². The summed E-state index contributed by atoms with van der Waals surface area (Å²) in [5.74, 6) is -0.796. The highest BCUT2D eigenvalue weighted by molar-refractivity contribution is 6.07. The fraction of sp³-hybridized carbons (Fsp3) is 0.0667. The molecule has 0 unspecified atom stereocenters. The first-order valence-electron chi connectivity index (χ1n) is 5.83. The highest BCUT2D eigenvalue weighted by atomic mass is 16.3. The summed E-state index contributed by atoms with van der Waals surface area (Å²) in [6.07, 6.45) is 0. The summed E-state index contributed by atoms with van der Waals surface area (Å²) < 4.78 is 0. The second-order valence-electron chi connectivity index (χ2n) is 4.23. The van der Waals surface area contributed by atoms with E-state index in [2.05, 4.69) is 0 Å². The monoisotopic (exact) mass is 268 g/mol. The van der Waals surface area contributed by atoms with Gasteiger partial charge in [0.1, 0.15) is 11.5 Å². The molecule has 5 heteroatoms. The number of hydrogen-bond acceptors (Lipinski definition) is 4. The molecule has 0 bridgehead atoms. The molecule has 0 saturated carbocycles. The van der Waals surface area contributed by atoms with E-state index in [-0.39, 0.29) is 17.1 Å². The van der Waals surface area contributed by atoms with Gasteiger partial charge in [-0.05, 0) is 36.4 Å². The number of aromatic hydroxyl groups is 2. The third-order valence-electron chi connectivity index (χ3n) is 2.88. The third-order valence-corrected chi connectivity index (χ3v) is 2.88. The molecule has 0 aliphatic rings. The number of carbonyl (C=O) groups is 1. The van der Waals surface area contributed by atoms with Crippen LogP contribution in [0.2, 0.25) is 0 Å². The molecule has 0 aliphatic heterocycles. The van der Waals surface area contributed by atoms with Gasteiger partial charge in [0.15, 0.2) is 0 Å². The molecule has 1 amide bonds. The summed E-state index contributed by atoms with van der Waals surface area (Å²) >= 11 is 0. The van der Waals surface area contributed by atoms with Gasteiger partial charge in [0.05, 0.1) is 17.2 Å². The first-order valence-corrected chi connectivity index (χ1v) is 5.83. The number of anilines is 1. The summed E-state index contributed by atoms with van der Waals surface area (Å²) in [4.78, 5) is 13.6. The maximum Gasteiger partial charge on any atom is 0.261 e. The van der Waals surface area contributed by atoms with Gasteiger partial charge in [-0.3, -0.25) is 4.79 Å². The lowest BCUT2D eigenvalue weighted by Crippen LogP contribution is -2.26. The Morgan fingerprint density at radius 3 is 2.65 bits per heavy atom. The van der Waals surface area contributed by atoms with Crippen LogP contribution in [0.1, 0.15) is 15.9 Å². The molecule has 2 N–H and O–H groups in total. The Hall–Kier alpha value is -3.00. The number of benzene rings is 2. The summed E-state index contributed by atoms with van der Waals surface area (Å²) in [6.45, 7) is 0. The highest BCUT2D eigenvalue weighted by Gasteiger charge is 2.18. The lowest BCUT2D eigenvalue weighted by Gasteiger charge is -2.18. The van der Waals surface area contributed by atoms with Gasteiger partial charge in [-0.1, -0.05) is 6.07 Å². The maximum absolute atomic E-state index is 12.3. The number of rotatable bonds is 2. The van der Waals surface area contributed by atoms with Gasteiger partial charge in [0, 0.05) is 12.7 Å². The molecule has 20 heavy (non-hydrogen) atoms. The summed E-state index contributed by atoms with van der Waals surface area (Å²) in [6, 6.07) is 12.3. The molecule has 0 spiro atoms. The Kier molecular flexibility index (Phi) is 3.58. The largest absolute Gasteiger partial charge is 0.508 e. The van der Waals surface area contributed by atoms with Gasteiger partial charge in [0.25, 0.3) is 5.91 Å². The van der Waals surface area contributed by atoms with Gasteiger partial charge < -0.3 is 15.1 Å². The fourth-order valence-corrected chi connectivity index (χ4v) is 1.78. The second kappa shape index (κ2) is 5.33. The average Bonchev–Trinajstić information content (AvgIpc) is 2.48. The molecule has 0 atom stereocenters. The van der Waals surface area contributed by atoms with Crippen molar-refractivity contribution in [2.45, 2.75) is 0 Å². The summed E-state index contributed by atoms with van der Waals surface area (Å²) in [5, 5.41) is 27.9. The number of nitrogens with zero attached hydrogens (tertiary/aromatic N) is 2. The molecule has 2 rings (SSSR count). The van der Waals surface area contributed by atoms with Crippen molar-refractivity contribution in [1.29, 1.82) is 5.26 Å². The molecule has 0 radical (unpaired) electrons. The predicted molar refractivity (Wildman–Crippen MR) is 73.7 cm³/mol. The maximum atomic E-state index is 12.3. The van der Waals surface area contributed by atoms with Crippen LogP contribution < -0.4 is 4.90 Å². The first-order chi connectivity index (χ1) is 9.52. The van der Waals surface area contributed by atoms with Crippen LogP contribution >= 0.6 is 0 Å². The average molecular weight is 268 g/mol. The zero-order chi connectivity index (χ0) is 14.7. The van der Waals surface area contributed by atoms with E-state index >= 15 is 0 Å². The van der Waals surface area contributed by atoms with Crippen molar-refractivity contribution in [2.75, 3.05) is 11.9 Å². The van der Waals surface area contributed by atoms with Gasteiger partial charge in [-0.15, -0.1) is 0 Å². The number of carbonyl (C=O) groups excluding carboxylic acids is 1. The molecule has 0 aromatic heterocycles. The normalized spacial score (nSPS) is 9.80. The van der Waals surface area contributed by atoms with Crippen LogP contribution in [0.25, 0.3) is 0 Å². The van der Waals surface area contributed by atoms with Crippen LogP contribution in [0.3, 0.4) is 0 Å². The van der Waals surface area contributed by atoms with E-state index in [0.717, 1.165) is 0 Å². The first kappa shape index (κ1) is 13.4. The highest BCUT2D eigenvalue weighted by Crippen LogP contribution is 2.25. The molecular weight excluding hydrogens is 256 g/mol. The van der Waals surface area contributed by atoms with E-state index in [9.17, 15) is 15.0 Å². The van der Waals surface area contributed by atoms with Crippen LogP contribution in [0.15, 0.2) is 42.5 Å². The Morgan fingerprint density at radius 1 is 1.20 bits per heavy atom. The molecule has 0 heterocycles. The Morgan fingerprint density at radius 2 is 1.95 bits per heavy atom. The SMILES string of the molecule is CN(C(=O)c1cc(O)ccc1O)c1cccc(C#N)c1. The number of hydrogen-bond donors (Lipinski definition) is 2. The molecule has 0 saturated heterocycles. The molecule has 2 aromatic rings. The Balaban J connectivity index is 2.37. The van der Waals surface area contributed by atoms with Gasteiger partial charge >= 0.3 is 0 Å². The molecule has 0 aliphatic carbocycles. The fourth-order valence-electron chi connectivity index (χ4n) is 1.78. The number of amides is 1. The van der Waals surface area contributed by atoms with E-state index in [1.165, 1.54) is 30.1 Å². The van der Waals surface area contributed by atoms with Gasteiger partial charge in [-0.25, -0.2) is 0 Å². The predicted octanol–water partition coefficient (Wildman–Crippen LogP) is 2.25. The molecule has 2 aromatic carbocycles. The summed E-state index contributed by atoms with van der Waals surface area (Å²) in [5.41, 5.74) is 0.953. The minimum atomic E-state index is -0.478. The van der Waals surface area contributed by atoms with Crippen molar-refractivity contribution >= 4 is 11.6 Å². The lowest BCUT2D eigenvalue weighted by molar-refractivity contribution is 0.0990. The van der Waals surface area contributed by atoms with Crippen molar-refractivity contribution in [3.8, 4) is 17.6 Å². The topological polar surface area (TPSA) is 84.6 Å². The zero-order valence-corrected chi connectivity index (χ0v) is 10.7. The van der Waals surface area contributed by atoms with Crippen molar-refractivity contribution < 1.29 is 15.0 Å². The number of phenols is 2. The van der Waals surface area contributed by atoms with Crippen LogP contribution in [-0.4, -0.2) is 23.2 Å². The third kappa shape index (κ3) is 2.54. The van der Waals surface area contributed by atoms with Crippen molar-refractivity contribution in [3.05, 3.63) is 53.6 Å². The van der Waals surface area contributed by atoms with Crippen molar-refractivity contribution in [3.63, 3.8) is 0 Å². The zero-order valence-electron chi connectivity index (χ0n) is 10.7. The van der Waals surface area contributed by atoms with Gasteiger partial charge in [-0.2, -0.15) is 5.26 Å². The molecule has 0 fully saturated rings. The van der Waals surface area contributed by atoms with E-state index in [0.29, 0.717) is 11.3 Å². The van der Waals surface area contributed by atoms with Crippen molar-refractivity contribution in [2.24, 2.45) is 0 Å². The van der Waals surface area contributed by atoms with Crippen LogP contribution in [0.4, 0.5) is 5.69 Å². The Labute approximate surface area is 115 Å². The second-order valence-corrected chi connectivity index (χ2v) is 4.23. The number of phenolic OH excluding ortho intramolecular Hbond substituents is 2. The molecule has 5 nitrogen and oxygen atoms in total. The van der Waals surface area contributed by atoms with E-state index in [4.69, 9.17) is 5.26 Å². The van der Waals surface area contributed by atoms with Crippen molar-refractivity contribution in [1.82, 2.24) is 0 Å². The lowest BCUT2D eigenvalue weighted by atomic mass is 10.1. The standard InChI is InChI=1S/C15H12N2O3/c1-17(11-4-2-3-10(7-11)9-16)15(20)13-8-12(18)5-6-14(13)19/h2-8,18-19H,1H3. The Bertz CT molecular complexity index is 705. The van der Waals surface area contributed by atoms with Crippen LogP contribution in [-0.2, 0) is 0 Å².